The predicted octanol–water partition coefficient (Wildman–Crippen LogP) is 5.31. The van der Waals surface area contributed by atoms with Gasteiger partial charge in [-0.3, -0.25) is 4.90 Å². The number of benzene rings is 3. The molecular formula is C29H29N3O3S. The van der Waals surface area contributed by atoms with Crippen LogP contribution in [-0.2, 0) is 14.8 Å². The Morgan fingerprint density at radius 3 is 2.17 bits per heavy atom. The first-order valence-corrected chi connectivity index (χ1v) is 13.5. The lowest BCUT2D eigenvalue weighted by Gasteiger charge is -2.34. The van der Waals surface area contributed by atoms with E-state index in [1.807, 2.05) is 59.5 Å². The summed E-state index contributed by atoms with van der Waals surface area (Å²) in [5, 5.41) is 0. The van der Waals surface area contributed by atoms with Crippen molar-refractivity contribution in [2.24, 2.45) is 4.99 Å². The van der Waals surface area contributed by atoms with Crippen LogP contribution in [0.15, 0.2) is 113 Å². The molecule has 3 aromatic carbocycles. The van der Waals surface area contributed by atoms with Gasteiger partial charge in [-0.2, -0.15) is 4.31 Å². The van der Waals surface area contributed by atoms with E-state index in [0.29, 0.717) is 37.8 Å². The lowest BCUT2D eigenvalue weighted by molar-refractivity contribution is 0.0730. The first-order chi connectivity index (χ1) is 17.5. The van der Waals surface area contributed by atoms with Gasteiger partial charge in [0.2, 0.25) is 10.0 Å². The summed E-state index contributed by atoms with van der Waals surface area (Å²) in [6.07, 6.45) is 0.733. The van der Waals surface area contributed by atoms with Crippen LogP contribution in [0.1, 0.15) is 24.5 Å². The highest BCUT2D eigenvalue weighted by molar-refractivity contribution is 7.89. The Labute approximate surface area is 212 Å². The number of rotatable bonds is 6. The standard InChI is InChI=1S/C29H29N3O3S/c1-3-27-22(2)32(25-15-10-16-26(21-25)36(33,34)31-17-19-35-20-18-31)29(24-13-8-5-9-14-24)30-28(27)23-11-6-4-7-12-23/h4-16,21H,2-3,17-20H2,1H3. The molecule has 0 saturated carbocycles. The fourth-order valence-corrected chi connectivity index (χ4v) is 6.06. The molecule has 0 N–H and O–H groups in total. The Morgan fingerprint density at radius 1 is 0.889 bits per heavy atom. The minimum atomic E-state index is -3.65. The molecule has 0 radical (unpaired) electrons. The Kier molecular flexibility index (Phi) is 6.87. The predicted molar refractivity (Wildman–Crippen MR) is 144 cm³/mol. The van der Waals surface area contributed by atoms with E-state index in [2.05, 4.69) is 25.6 Å². The lowest BCUT2D eigenvalue weighted by atomic mass is 9.98. The van der Waals surface area contributed by atoms with Crippen LogP contribution in [0, 0.1) is 0 Å². The molecule has 36 heavy (non-hydrogen) atoms. The number of amidine groups is 1. The Morgan fingerprint density at radius 2 is 1.53 bits per heavy atom. The molecule has 0 spiro atoms. The van der Waals surface area contributed by atoms with Crippen molar-refractivity contribution >= 4 is 27.2 Å². The van der Waals surface area contributed by atoms with Crippen molar-refractivity contribution in [3.8, 4) is 0 Å². The molecule has 1 fully saturated rings. The fraction of sp³-hybridized carbons (Fsp3) is 0.207. The molecule has 0 bridgehead atoms. The van der Waals surface area contributed by atoms with Gasteiger partial charge in [-0.15, -0.1) is 0 Å². The Bertz CT molecular complexity index is 1420. The zero-order valence-electron chi connectivity index (χ0n) is 20.3. The maximum absolute atomic E-state index is 13.4. The van der Waals surface area contributed by atoms with Gasteiger partial charge < -0.3 is 4.74 Å². The molecule has 0 atom stereocenters. The third-order valence-electron chi connectivity index (χ3n) is 6.45. The molecule has 7 heteroatoms. The van der Waals surface area contributed by atoms with E-state index in [1.54, 1.807) is 18.2 Å². The quantitative estimate of drug-likeness (QED) is 0.461. The number of ether oxygens (including phenoxy) is 1. The van der Waals surface area contributed by atoms with Crippen LogP contribution in [-0.4, -0.2) is 44.9 Å². The monoisotopic (exact) mass is 499 g/mol. The second-order valence-corrected chi connectivity index (χ2v) is 10.6. The van der Waals surface area contributed by atoms with Gasteiger partial charge in [0.1, 0.15) is 5.84 Å². The van der Waals surface area contributed by atoms with Gasteiger partial charge in [0.05, 0.1) is 23.8 Å². The number of sulfonamides is 1. The third kappa shape index (κ3) is 4.53. The Balaban J connectivity index is 1.64. The first-order valence-electron chi connectivity index (χ1n) is 12.1. The average molecular weight is 500 g/mol. The summed E-state index contributed by atoms with van der Waals surface area (Å²) in [4.78, 5) is 7.37. The number of allylic oxidation sites excluding steroid dienone is 1. The summed E-state index contributed by atoms with van der Waals surface area (Å²) < 4.78 is 33.6. The molecule has 0 aliphatic carbocycles. The van der Waals surface area contributed by atoms with Crippen molar-refractivity contribution in [3.63, 3.8) is 0 Å². The minimum Gasteiger partial charge on any atom is -0.379 e. The van der Waals surface area contributed by atoms with Crippen LogP contribution >= 0.6 is 0 Å². The van der Waals surface area contributed by atoms with Crippen molar-refractivity contribution in [1.29, 1.82) is 0 Å². The van der Waals surface area contributed by atoms with Gasteiger partial charge in [0.15, 0.2) is 0 Å². The zero-order valence-corrected chi connectivity index (χ0v) is 21.1. The molecule has 5 rings (SSSR count). The molecular weight excluding hydrogens is 470 g/mol. The smallest absolute Gasteiger partial charge is 0.243 e. The van der Waals surface area contributed by atoms with Gasteiger partial charge in [-0.05, 0) is 24.6 Å². The number of anilines is 1. The molecule has 2 aliphatic rings. The molecule has 3 aromatic rings. The van der Waals surface area contributed by atoms with E-state index in [1.165, 1.54) is 4.31 Å². The van der Waals surface area contributed by atoms with E-state index >= 15 is 0 Å². The highest BCUT2D eigenvalue weighted by atomic mass is 32.2. The molecule has 0 unspecified atom stereocenters. The SMILES string of the molecule is C=C1C(CC)=C(c2ccccc2)N=C(c2ccccc2)N1c1cccc(S(=O)(=O)N2CCOCC2)c1. The van der Waals surface area contributed by atoms with Gasteiger partial charge >= 0.3 is 0 Å². The van der Waals surface area contributed by atoms with Crippen LogP contribution in [0.5, 0.6) is 0 Å². The van der Waals surface area contributed by atoms with E-state index in [9.17, 15) is 8.42 Å². The van der Waals surface area contributed by atoms with Crippen molar-refractivity contribution in [1.82, 2.24) is 4.31 Å². The van der Waals surface area contributed by atoms with Gasteiger partial charge in [0.25, 0.3) is 0 Å². The summed E-state index contributed by atoms with van der Waals surface area (Å²) in [6.45, 7) is 8.06. The molecule has 6 nitrogen and oxygen atoms in total. The molecule has 0 aromatic heterocycles. The number of nitrogens with zero attached hydrogens (tertiary/aromatic N) is 3. The number of hydrogen-bond acceptors (Lipinski definition) is 5. The topological polar surface area (TPSA) is 62.2 Å². The van der Waals surface area contributed by atoms with Crippen LogP contribution in [0.3, 0.4) is 0 Å². The van der Waals surface area contributed by atoms with Gasteiger partial charge in [-0.1, -0.05) is 80.2 Å². The van der Waals surface area contributed by atoms with E-state index in [4.69, 9.17) is 9.73 Å². The van der Waals surface area contributed by atoms with E-state index < -0.39 is 10.0 Å². The summed E-state index contributed by atoms with van der Waals surface area (Å²) in [5.74, 6) is 0.706. The molecule has 1 saturated heterocycles. The molecule has 184 valence electrons. The van der Waals surface area contributed by atoms with Crippen LogP contribution in [0.25, 0.3) is 5.70 Å². The summed E-state index contributed by atoms with van der Waals surface area (Å²) >= 11 is 0. The zero-order chi connectivity index (χ0) is 25.1. The van der Waals surface area contributed by atoms with Crippen molar-refractivity contribution < 1.29 is 13.2 Å². The number of aliphatic imine (C=N–C) groups is 1. The van der Waals surface area contributed by atoms with E-state index in [-0.39, 0.29) is 4.90 Å². The Hall–Kier alpha value is -3.52. The van der Waals surface area contributed by atoms with Crippen LogP contribution in [0.4, 0.5) is 5.69 Å². The van der Waals surface area contributed by atoms with Crippen molar-refractivity contribution in [2.45, 2.75) is 18.2 Å². The maximum atomic E-state index is 13.4. The number of morpholine rings is 1. The largest absolute Gasteiger partial charge is 0.379 e. The highest BCUT2D eigenvalue weighted by Crippen LogP contribution is 2.38. The lowest BCUT2D eigenvalue weighted by Crippen LogP contribution is -2.40. The van der Waals surface area contributed by atoms with Gasteiger partial charge in [0, 0.05) is 41.2 Å². The second kappa shape index (κ2) is 10.2. The summed E-state index contributed by atoms with van der Waals surface area (Å²) in [7, 11) is -3.65. The third-order valence-corrected chi connectivity index (χ3v) is 8.34. The maximum Gasteiger partial charge on any atom is 0.243 e. The highest BCUT2D eigenvalue weighted by Gasteiger charge is 2.30. The average Bonchev–Trinajstić information content (AvgIpc) is 2.94. The minimum absolute atomic E-state index is 0.248. The van der Waals surface area contributed by atoms with Crippen molar-refractivity contribution in [3.05, 3.63) is 114 Å². The van der Waals surface area contributed by atoms with Gasteiger partial charge in [-0.25, -0.2) is 13.4 Å². The fourth-order valence-electron chi connectivity index (χ4n) is 4.61. The first kappa shape index (κ1) is 24.2. The van der Waals surface area contributed by atoms with Crippen molar-refractivity contribution in [2.75, 3.05) is 31.2 Å². The summed E-state index contributed by atoms with van der Waals surface area (Å²) in [5.41, 5.74) is 5.33. The molecule has 2 aliphatic heterocycles. The summed E-state index contributed by atoms with van der Waals surface area (Å²) in [6, 6.07) is 27.1. The normalized spacial score (nSPS) is 17.3. The van der Waals surface area contributed by atoms with Crippen LogP contribution < -0.4 is 4.90 Å². The van der Waals surface area contributed by atoms with Crippen LogP contribution in [0.2, 0.25) is 0 Å². The second-order valence-electron chi connectivity index (χ2n) is 8.64. The molecule has 0 amide bonds. The van der Waals surface area contributed by atoms with E-state index in [0.717, 1.165) is 34.5 Å². The molecule has 2 heterocycles. The number of hydrogen-bond donors (Lipinski definition) is 0.